The van der Waals surface area contributed by atoms with Crippen LogP contribution in [0.2, 0.25) is 0 Å². The molecule has 1 rings (SSSR count). The quantitative estimate of drug-likeness (QED) is 0.565. The van der Waals surface area contributed by atoms with E-state index in [1.54, 1.807) is 6.08 Å². The van der Waals surface area contributed by atoms with Gasteiger partial charge >= 0.3 is 5.97 Å². The fourth-order valence-electron chi connectivity index (χ4n) is 2.60. The normalized spacial score (nSPS) is 18.8. The molecule has 0 aliphatic carbocycles. The van der Waals surface area contributed by atoms with Crippen LogP contribution >= 0.6 is 0 Å². The van der Waals surface area contributed by atoms with Crippen LogP contribution in [0.25, 0.3) is 0 Å². The van der Waals surface area contributed by atoms with Crippen molar-refractivity contribution >= 4 is 11.9 Å². The summed E-state index contributed by atoms with van der Waals surface area (Å²) in [4.78, 5) is 26.3. The average Bonchev–Trinajstić information content (AvgIpc) is 2.43. The first-order valence-electron chi connectivity index (χ1n) is 8.14. The first-order chi connectivity index (χ1) is 10.7. The smallest absolute Gasteiger partial charge is 0.329 e. The molecule has 0 bridgehead atoms. The van der Waals surface area contributed by atoms with Gasteiger partial charge in [0.15, 0.2) is 0 Å². The van der Waals surface area contributed by atoms with Crippen LogP contribution in [-0.4, -0.2) is 61.3 Å². The highest BCUT2D eigenvalue weighted by Gasteiger charge is 2.33. The molecule has 23 heavy (non-hydrogen) atoms. The Balaban J connectivity index is 2.85. The van der Waals surface area contributed by atoms with E-state index in [1.807, 2.05) is 20.8 Å². The molecule has 2 atom stereocenters. The van der Waals surface area contributed by atoms with Crippen molar-refractivity contribution in [2.45, 2.75) is 45.8 Å². The molecular formula is C17H30N2O4. The van der Waals surface area contributed by atoms with Crippen LogP contribution in [0.3, 0.4) is 0 Å². The number of nitrogens with one attached hydrogen (secondary N) is 1. The molecule has 0 aromatic rings. The molecule has 1 N–H and O–H groups in total. The SMILES string of the molecule is C=CC[C@H](CN1CCOCC1)[C@H](NC(C)=O)C(=O)OC(C)(C)C. The fraction of sp³-hybridized carbons (Fsp3) is 0.765. The number of amides is 1. The molecule has 0 aromatic heterocycles. The van der Waals surface area contributed by atoms with Crippen LogP contribution in [0.4, 0.5) is 0 Å². The van der Waals surface area contributed by atoms with Crippen molar-refractivity contribution in [1.29, 1.82) is 0 Å². The number of carbonyl (C=O) groups excluding carboxylic acids is 2. The molecule has 0 radical (unpaired) electrons. The molecule has 1 heterocycles. The van der Waals surface area contributed by atoms with Crippen LogP contribution in [-0.2, 0) is 19.1 Å². The van der Waals surface area contributed by atoms with Gasteiger partial charge in [-0.15, -0.1) is 6.58 Å². The Morgan fingerprint density at radius 1 is 1.35 bits per heavy atom. The molecule has 0 unspecified atom stereocenters. The number of ether oxygens (including phenoxy) is 2. The lowest BCUT2D eigenvalue weighted by atomic mass is 9.94. The molecule has 1 aliphatic heterocycles. The molecule has 1 saturated heterocycles. The van der Waals surface area contributed by atoms with Crippen LogP contribution in [0.15, 0.2) is 12.7 Å². The molecule has 1 fully saturated rings. The number of hydrogen-bond acceptors (Lipinski definition) is 5. The van der Waals surface area contributed by atoms with Crippen molar-refractivity contribution in [3.8, 4) is 0 Å². The average molecular weight is 326 g/mol. The van der Waals surface area contributed by atoms with E-state index in [0.717, 1.165) is 13.1 Å². The number of carbonyl (C=O) groups is 2. The number of esters is 1. The number of nitrogens with zero attached hydrogens (tertiary/aromatic N) is 1. The van der Waals surface area contributed by atoms with E-state index < -0.39 is 17.6 Å². The lowest BCUT2D eigenvalue weighted by molar-refractivity contribution is -0.160. The van der Waals surface area contributed by atoms with Crippen molar-refractivity contribution in [3.05, 3.63) is 12.7 Å². The van der Waals surface area contributed by atoms with Gasteiger partial charge in [-0.25, -0.2) is 4.79 Å². The second-order valence-corrected chi connectivity index (χ2v) is 6.91. The Kier molecular flexibility index (Phi) is 7.72. The maximum Gasteiger partial charge on any atom is 0.329 e. The summed E-state index contributed by atoms with van der Waals surface area (Å²) in [5, 5.41) is 2.76. The Bertz CT molecular complexity index is 411. The first kappa shape index (κ1) is 19.6. The van der Waals surface area contributed by atoms with Gasteiger partial charge in [0, 0.05) is 32.5 Å². The monoisotopic (exact) mass is 326 g/mol. The Labute approximate surface area is 139 Å². The van der Waals surface area contributed by atoms with E-state index in [1.165, 1.54) is 6.92 Å². The predicted octanol–water partition coefficient (Wildman–Crippen LogP) is 1.36. The zero-order chi connectivity index (χ0) is 17.5. The number of morpholine rings is 1. The number of rotatable bonds is 7. The molecule has 1 aliphatic rings. The maximum absolute atomic E-state index is 12.5. The van der Waals surface area contributed by atoms with E-state index >= 15 is 0 Å². The summed E-state index contributed by atoms with van der Waals surface area (Å²) in [6, 6.07) is -0.674. The minimum Gasteiger partial charge on any atom is -0.458 e. The lowest BCUT2D eigenvalue weighted by Crippen LogP contribution is -2.52. The minimum atomic E-state index is -0.674. The van der Waals surface area contributed by atoms with Crippen molar-refractivity contribution < 1.29 is 19.1 Å². The molecule has 1 amide bonds. The van der Waals surface area contributed by atoms with E-state index in [-0.39, 0.29) is 11.8 Å². The minimum absolute atomic E-state index is 0.0793. The van der Waals surface area contributed by atoms with Crippen LogP contribution in [0.5, 0.6) is 0 Å². The molecule has 132 valence electrons. The van der Waals surface area contributed by atoms with Gasteiger partial charge in [-0.05, 0) is 27.2 Å². The highest BCUT2D eigenvalue weighted by atomic mass is 16.6. The topological polar surface area (TPSA) is 67.9 Å². The standard InChI is InChI=1S/C17H30N2O4/c1-6-7-14(12-19-8-10-22-11-9-19)15(18-13(2)20)16(21)23-17(3,4)5/h6,14-15H,1,7-12H2,2-5H3,(H,18,20)/t14-,15+/m1/s1. The maximum atomic E-state index is 12.5. The summed E-state index contributed by atoms with van der Waals surface area (Å²) in [5.74, 6) is -0.714. The molecule has 0 spiro atoms. The van der Waals surface area contributed by atoms with Crippen LogP contribution < -0.4 is 5.32 Å². The highest BCUT2D eigenvalue weighted by Crippen LogP contribution is 2.18. The third kappa shape index (κ3) is 7.61. The van der Waals surface area contributed by atoms with Crippen molar-refractivity contribution in [3.63, 3.8) is 0 Å². The third-order valence-electron chi connectivity index (χ3n) is 3.56. The molecule has 6 nitrogen and oxygen atoms in total. The van der Waals surface area contributed by atoms with Crippen molar-refractivity contribution in [1.82, 2.24) is 10.2 Å². The summed E-state index contributed by atoms with van der Waals surface area (Å²) in [5.41, 5.74) is -0.592. The third-order valence-corrected chi connectivity index (χ3v) is 3.56. The second kappa shape index (κ2) is 9.03. The fourth-order valence-corrected chi connectivity index (χ4v) is 2.60. The van der Waals surface area contributed by atoms with Gasteiger partial charge in [-0.2, -0.15) is 0 Å². The number of hydrogen-bond donors (Lipinski definition) is 1. The highest BCUT2D eigenvalue weighted by molar-refractivity contribution is 5.83. The van der Waals surface area contributed by atoms with Crippen molar-refractivity contribution in [2.24, 2.45) is 5.92 Å². The summed E-state index contributed by atoms with van der Waals surface area (Å²) in [6.45, 7) is 14.4. The van der Waals surface area contributed by atoms with Crippen LogP contribution in [0.1, 0.15) is 34.1 Å². The van der Waals surface area contributed by atoms with Crippen LogP contribution in [0, 0.1) is 5.92 Å². The van der Waals surface area contributed by atoms with Gasteiger partial charge in [0.2, 0.25) is 5.91 Å². The van der Waals surface area contributed by atoms with Gasteiger partial charge in [-0.3, -0.25) is 9.69 Å². The van der Waals surface area contributed by atoms with Gasteiger partial charge in [0.05, 0.1) is 13.2 Å². The summed E-state index contributed by atoms with van der Waals surface area (Å²) < 4.78 is 10.8. The zero-order valence-corrected chi connectivity index (χ0v) is 14.8. The first-order valence-corrected chi connectivity index (χ1v) is 8.14. The Hall–Kier alpha value is -1.40. The van der Waals surface area contributed by atoms with Gasteiger partial charge in [-0.1, -0.05) is 6.08 Å². The lowest BCUT2D eigenvalue weighted by Gasteiger charge is -2.34. The van der Waals surface area contributed by atoms with Gasteiger partial charge in [0.1, 0.15) is 11.6 Å². The van der Waals surface area contributed by atoms with Crippen molar-refractivity contribution in [2.75, 3.05) is 32.8 Å². The second-order valence-electron chi connectivity index (χ2n) is 6.91. The summed E-state index contributed by atoms with van der Waals surface area (Å²) >= 11 is 0. The number of allylic oxidation sites excluding steroid dienone is 1. The van der Waals surface area contributed by atoms with E-state index in [0.29, 0.717) is 26.2 Å². The molecule has 0 aromatic carbocycles. The largest absolute Gasteiger partial charge is 0.458 e. The van der Waals surface area contributed by atoms with E-state index in [2.05, 4.69) is 16.8 Å². The van der Waals surface area contributed by atoms with E-state index in [4.69, 9.17) is 9.47 Å². The molecule has 0 saturated carbocycles. The Morgan fingerprint density at radius 2 is 1.96 bits per heavy atom. The molecular weight excluding hydrogens is 296 g/mol. The van der Waals surface area contributed by atoms with E-state index in [9.17, 15) is 9.59 Å². The van der Waals surface area contributed by atoms with Gasteiger partial charge in [0.25, 0.3) is 0 Å². The van der Waals surface area contributed by atoms with Gasteiger partial charge < -0.3 is 14.8 Å². The zero-order valence-electron chi connectivity index (χ0n) is 14.8. The summed E-state index contributed by atoms with van der Waals surface area (Å²) in [6.07, 6.45) is 2.41. The molecule has 6 heteroatoms. The Morgan fingerprint density at radius 3 is 2.43 bits per heavy atom. The summed E-state index contributed by atoms with van der Waals surface area (Å²) in [7, 11) is 0. The predicted molar refractivity (Wildman–Crippen MR) is 89.0 cm³/mol.